The van der Waals surface area contributed by atoms with Crippen LogP contribution in [0.15, 0.2) is 27.9 Å². The van der Waals surface area contributed by atoms with Crippen LogP contribution in [0.4, 0.5) is 4.79 Å². The average Bonchev–Trinajstić information content (AvgIpc) is 3.69. The van der Waals surface area contributed by atoms with Crippen molar-refractivity contribution in [2.45, 2.75) is 75.8 Å². The standard InChI is InChI=1S/C22H28N4O7S/c1-4-11-32-21-23-26(22(29)25(21)16-8-9-16)20(28)24-34(30,31)18-12-15(14-5-6-14)7-10-17(18)19(27)33-13(2)3/h7,10,12-14,16H,4-6,8-9,11H2,1-3H3,(H,24,28). The summed E-state index contributed by atoms with van der Waals surface area (Å²) in [4.78, 5) is 37.8. The fraction of sp³-hybridized carbons (Fsp3) is 0.545. The molecule has 1 heterocycles. The minimum absolute atomic E-state index is 0.0289. The first-order valence-electron chi connectivity index (χ1n) is 11.4. The molecule has 4 rings (SSSR count). The molecule has 34 heavy (non-hydrogen) atoms. The Kier molecular flexibility index (Phi) is 6.52. The van der Waals surface area contributed by atoms with E-state index in [9.17, 15) is 22.8 Å². The second-order valence-electron chi connectivity index (χ2n) is 8.82. The first-order valence-corrected chi connectivity index (χ1v) is 12.9. The Morgan fingerprint density at radius 2 is 1.91 bits per heavy atom. The highest BCUT2D eigenvalue weighted by Crippen LogP contribution is 2.41. The molecule has 1 amide bonds. The number of rotatable bonds is 9. The van der Waals surface area contributed by atoms with Crippen LogP contribution < -0.4 is 15.1 Å². The maximum Gasteiger partial charge on any atom is 0.360 e. The fourth-order valence-corrected chi connectivity index (χ4v) is 4.68. The zero-order valence-electron chi connectivity index (χ0n) is 19.3. The van der Waals surface area contributed by atoms with E-state index >= 15 is 0 Å². The van der Waals surface area contributed by atoms with Gasteiger partial charge in [-0.1, -0.05) is 13.0 Å². The predicted octanol–water partition coefficient (Wildman–Crippen LogP) is 2.56. The number of benzene rings is 1. The molecule has 2 aliphatic carbocycles. The predicted molar refractivity (Wildman–Crippen MR) is 121 cm³/mol. The normalized spacial score (nSPS) is 15.9. The summed E-state index contributed by atoms with van der Waals surface area (Å²) < 4.78 is 40.7. The molecule has 0 radical (unpaired) electrons. The molecule has 12 heteroatoms. The summed E-state index contributed by atoms with van der Waals surface area (Å²) in [5.41, 5.74) is -0.229. The first-order chi connectivity index (χ1) is 16.1. The number of sulfonamides is 1. The van der Waals surface area contributed by atoms with Gasteiger partial charge in [0.25, 0.3) is 10.0 Å². The molecule has 1 aromatic heterocycles. The minimum atomic E-state index is -4.54. The second kappa shape index (κ2) is 9.24. The smallest absolute Gasteiger partial charge is 0.360 e. The maximum absolute atomic E-state index is 13.2. The van der Waals surface area contributed by atoms with Crippen LogP contribution in [0, 0.1) is 0 Å². The molecule has 0 saturated heterocycles. The van der Waals surface area contributed by atoms with Crippen molar-refractivity contribution in [2.75, 3.05) is 6.61 Å². The lowest BCUT2D eigenvalue weighted by atomic mass is 10.1. The molecule has 2 aromatic rings. The van der Waals surface area contributed by atoms with Crippen LogP contribution in [0.3, 0.4) is 0 Å². The molecule has 2 fully saturated rings. The molecule has 1 N–H and O–H groups in total. The van der Waals surface area contributed by atoms with Crippen LogP contribution >= 0.6 is 0 Å². The monoisotopic (exact) mass is 492 g/mol. The van der Waals surface area contributed by atoms with Gasteiger partial charge in [-0.25, -0.2) is 32.1 Å². The summed E-state index contributed by atoms with van der Waals surface area (Å²) in [6.07, 6.45) is 3.50. The Labute approximate surface area is 197 Å². The van der Waals surface area contributed by atoms with E-state index in [1.165, 1.54) is 16.7 Å². The number of hydrogen-bond donors (Lipinski definition) is 1. The van der Waals surface area contributed by atoms with Gasteiger partial charge in [0.2, 0.25) is 0 Å². The molecule has 0 spiro atoms. The van der Waals surface area contributed by atoms with Crippen molar-refractivity contribution in [2.24, 2.45) is 0 Å². The third-order valence-corrected chi connectivity index (χ3v) is 6.81. The van der Waals surface area contributed by atoms with E-state index in [2.05, 4.69) is 5.10 Å². The van der Waals surface area contributed by atoms with Crippen molar-refractivity contribution in [3.05, 3.63) is 39.8 Å². The number of carbonyl (C=O) groups is 2. The lowest BCUT2D eigenvalue weighted by molar-refractivity contribution is 0.0373. The van der Waals surface area contributed by atoms with Crippen molar-refractivity contribution in [3.63, 3.8) is 0 Å². The highest BCUT2D eigenvalue weighted by Gasteiger charge is 2.34. The molecular formula is C22H28N4O7S. The van der Waals surface area contributed by atoms with Gasteiger partial charge in [-0.2, -0.15) is 0 Å². The molecule has 11 nitrogen and oxygen atoms in total. The minimum Gasteiger partial charge on any atom is -0.464 e. The van der Waals surface area contributed by atoms with Crippen molar-refractivity contribution >= 4 is 22.0 Å². The zero-order valence-corrected chi connectivity index (χ0v) is 20.1. The van der Waals surface area contributed by atoms with Gasteiger partial charge in [0.15, 0.2) is 0 Å². The van der Waals surface area contributed by atoms with Gasteiger partial charge in [0, 0.05) is 6.04 Å². The number of carbonyl (C=O) groups excluding carboxylic acids is 2. The van der Waals surface area contributed by atoms with Crippen LogP contribution in [0.2, 0.25) is 0 Å². The Bertz CT molecular complexity index is 1270. The number of aromatic nitrogens is 3. The van der Waals surface area contributed by atoms with Crippen LogP contribution in [-0.4, -0.2) is 47.5 Å². The van der Waals surface area contributed by atoms with Crippen LogP contribution in [0.1, 0.15) is 80.8 Å². The Morgan fingerprint density at radius 3 is 2.50 bits per heavy atom. The van der Waals surface area contributed by atoms with E-state index in [1.807, 2.05) is 11.6 Å². The van der Waals surface area contributed by atoms with Crippen molar-refractivity contribution in [3.8, 4) is 6.01 Å². The van der Waals surface area contributed by atoms with Gasteiger partial charge in [0.1, 0.15) is 4.90 Å². The second-order valence-corrected chi connectivity index (χ2v) is 10.5. The number of esters is 1. The fourth-order valence-electron chi connectivity index (χ4n) is 3.52. The Hall–Kier alpha value is -3.15. The molecule has 2 aliphatic rings. The van der Waals surface area contributed by atoms with Gasteiger partial charge in [-0.3, -0.25) is 0 Å². The zero-order chi connectivity index (χ0) is 24.6. The van der Waals surface area contributed by atoms with Crippen LogP contribution in [0.5, 0.6) is 6.01 Å². The lowest BCUT2D eigenvalue weighted by Gasteiger charge is -2.14. The third kappa shape index (κ3) is 5.01. The molecule has 0 atom stereocenters. The molecule has 1 aromatic carbocycles. The summed E-state index contributed by atoms with van der Waals surface area (Å²) in [5, 5.41) is 3.92. The number of hydrogen-bond acceptors (Lipinski definition) is 8. The molecule has 0 aliphatic heterocycles. The summed E-state index contributed by atoms with van der Waals surface area (Å²) in [7, 11) is -4.54. The molecular weight excluding hydrogens is 464 g/mol. The maximum atomic E-state index is 13.2. The summed E-state index contributed by atoms with van der Waals surface area (Å²) in [6, 6.07) is 3.04. The topological polar surface area (TPSA) is 139 Å². The van der Waals surface area contributed by atoms with E-state index in [-0.39, 0.29) is 28.4 Å². The van der Waals surface area contributed by atoms with Gasteiger partial charge in [-0.15, -0.1) is 9.78 Å². The van der Waals surface area contributed by atoms with Crippen molar-refractivity contribution < 1.29 is 27.5 Å². The Balaban J connectivity index is 1.67. The molecule has 0 unspecified atom stereocenters. The quantitative estimate of drug-likeness (QED) is 0.527. The van der Waals surface area contributed by atoms with Gasteiger partial charge in [-0.05, 0) is 69.6 Å². The summed E-state index contributed by atoms with van der Waals surface area (Å²) in [6.45, 7) is 5.46. The highest BCUT2D eigenvalue weighted by atomic mass is 32.2. The summed E-state index contributed by atoms with van der Waals surface area (Å²) >= 11 is 0. The molecule has 2 saturated carbocycles. The van der Waals surface area contributed by atoms with E-state index in [1.54, 1.807) is 19.9 Å². The van der Waals surface area contributed by atoms with Gasteiger partial charge >= 0.3 is 23.7 Å². The number of ether oxygens (including phenoxy) is 2. The molecule has 184 valence electrons. The van der Waals surface area contributed by atoms with E-state index in [0.29, 0.717) is 17.7 Å². The van der Waals surface area contributed by atoms with Crippen molar-refractivity contribution in [1.29, 1.82) is 0 Å². The first kappa shape index (κ1) is 24.0. The van der Waals surface area contributed by atoms with Crippen LogP contribution in [-0.2, 0) is 14.8 Å². The number of amides is 1. The van der Waals surface area contributed by atoms with Crippen molar-refractivity contribution in [1.82, 2.24) is 19.1 Å². The van der Waals surface area contributed by atoms with E-state index in [4.69, 9.17) is 9.47 Å². The molecule has 0 bridgehead atoms. The largest absolute Gasteiger partial charge is 0.464 e. The van der Waals surface area contributed by atoms with Gasteiger partial charge in [0.05, 0.1) is 18.3 Å². The lowest BCUT2D eigenvalue weighted by Crippen LogP contribution is -2.41. The number of nitrogens with zero attached hydrogens (tertiary/aromatic N) is 3. The highest BCUT2D eigenvalue weighted by molar-refractivity contribution is 7.90. The SMILES string of the molecule is CCCOc1nn(C(=O)NS(=O)(=O)c2cc(C3CC3)ccc2C(=O)OC(C)C)c(=O)n1C1CC1. The third-order valence-electron chi connectivity index (χ3n) is 5.45. The average molecular weight is 493 g/mol. The summed E-state index contributed by atoms with van der Waals surface area (Å²) in [5.74, 6) is -0.620. The van der Waals surface area contributed by atoms with Crippen LogP contribution in [0.25, 0.3) is 0 Å². The van der Waals surface area contributed by atoms with E-state index in [0.717, 1.165) is 31.2 Å². The Morgan fingerprint density at radius 1 is 1.21 bits per heavy atom. The van der Waals surface area contributed by atoms with E-state index < -0.39 is 33.8 Å². The van der Waals surface area contributed by atoms with Gasteiger partial charge < -0.3 is 9.47 Å². The number of nitrogens with one attached hydrogen (secondary N) is 1.